The quantitative estimate of drug-likeness (QED) is 0.0257. The molecule has 39 nitrogen and oxygen atoms in total. The van der Waals surface area contributed by atoms with E-state index in [9.17, 15) is 98.8 Å². The van der Waals surface area contributed by atoms with Crippen LogP contribution >= 0.6 is 7.60 Å². The van der Waals surface area contributed by atoms with Crippen LogP contribution in [0.3, 0.4) is 0 Å². The Balaban J connectivity index is 1.29. The maximum Gasteiger partial charge on any atom is 0.327 e. The van der Waals surface area contributed by atoms with E-state index in [4.69, 9.17) is 51.7 Å². The van der Waals surface area contributed by atoms with Gasteiger partial charge in [0.2, 0.25) is 47.3 Å². The Morgan fingerprint density at radius 1 is 0.437 bits per heavy atom. The molecular formula is C79H143N8O31P. The SMILES string of the molecule is COP(C)(=O)OC[C@@H]1C[C@@H](O)CN1C(=O)CCCCCCCCCCC(=O)CC(COCCC(=O)NCCCNC(=O)CCCCOC1OC(CO)C(O)C(O)C1C)(COCCC(=O)NCCCNC(=O)CCCCOC1OC(CO)C(O)C(O)C1C)COCCC(=O)NCCCNC(=O)CCCCOC1OC(CO)C(O)C(O)C1NC(C)=O. The number of unbranched alkanes of at least 4 members (excludes halogenated alkanes) is 10. The van der Waals surface area contributed by atoms with E-state index in [0.29, 0.717) is 83.5 Å². The smallest absolute Gasteiger partial charge is 0.327 e. The van der Waals surface area contributed by atoms with Crippen molar-refractivity contribution >= 4 is 60.6 Å². The van der Waals surface area contributed by atoms with Crippen LogP contribution in [-0.2, 0) is 99.4 Å². The molecule has 4 aliphatic heterocycles. The second kappa shape index (κ2) is 60.4. The van der Waals surface area contributed by atoms with Gasteiger partial charge in [0.05, 0.1) is 90.4 Å². The average molecular weight is 1730 g/mol. The van der Waals surface area contributed by atoms with Gasteiger partial charge in [-0.1, -0.05) is 52.4 Å². The molecule has 17 N–H and O–H groups in total. The van der Waals surface area contributed by atoms with Crippen LogP contribution in [0.25, 0.3) is 0 Å². The van der Waals surface area contributed by atoms with Crippen molar-refractivity contribution in [2.75, 3.05) is 145 Å². The van der Waals surface area contributed by atoms with Gasteiger partial charge in [0, 0.05) is 161 Å². The predicted molar refractivity (Wildman–Crippen MR) is 428 cm³/mol. The number of Topliss-reactive ketones (excluding diaryl/α,β-unsaturated/α-hetero) is 1. The zero-order valence-corrected chi connectivity index (χ0v) is 71.4. The number of carbonyl (C=O) groups is 9. The van der Waals surface area contributed by atoms with Crippen molar-refractivity contribution in [2.45, 2.75) is 286 Å². The molecule has 0 saturated carbocycles. The molecule has 18 atom stereocenters. The van der Waals surface area contributed by atoms with Crippen molar-refractivity contribution in [3.8, 4) is 0 Å². The molecule has 8 amide bonds. The summed E-state index contributed by atoms with van der Waals surface area (Å²) in [5.74, 6) is -3.44. The number of carbonyl (C=O) groups excluding carboxylic acids is 9. The number of ketones is 1. The van der Waals surface area contributed by atoms with Crippen LogP contribution in [-0.4, -0.2) is 346 Å². The Morgan fingerprint density at radius 2 is 0.782 bits per heavy atom. The third-order valence-corrected chi connectivity index (χ3v) is 22.5. The van der Waals surface area contributed by atoms with E-state index < -0.39 is 143 Å². The van der Waals surface area contributed by atoms with Crippen molar-refractivity contribution in [1.29, 1.82) is 0 Å². The summed E-state index contributed by atoms with van der Waals surface area (Å²) < 4.78 is 75.2. The molecule has 0 aromatic carbocycles. The number of nitrogens with zero attached hydrogens (tertiary/aromatic N) is 1. The lowest BCUT2D eigenvalue weighted by Crippen LogP contribution is -2.64. The van der Waals surface area contributed by atoms with E-state index in [2.05, 4.69) is 37.2 Å². The molecule has 0 radical (unpaired) electrons. The molecule has 0 aromatic heterocycles. The van der Waals surface area contributed by atoms with Crippen LogP contribution in [0.2, 0.25) is 0 Å². The molecule has 4 rings (SSSR count). The van der Waals surface area contributed by atoms with Crippen LogP contribution in [0.4, 0.5) is 0 Å². The molecule has 0 aromatic rings. The largest absolute Gasteiger partial charge is 0.394 e. The lowest BCUT2D eigenvalue weighted by molar-refractivity contribution is -0.282. The Bertz CT molecular complexity index is 2870. The summed E-state index contributed by atoms with van der Waals surface area (Å²) in [6, 6.07) is -1.49. The first kappa shape index (κ1) is 106. The standard InChI is InChI=1S/C79H143N8O31P/c1-53-70(101)72(103)59(46-88)116-76(53)112-37-17-14-24-62(94)80-31-20-34-83-65(97)28-40-109-50-79(44-57(92)23-12-10-8-6-7-9-11-13-27-68(100)87-45-58(93)43-56(87)49-115-119(5,107)108-4,51-110-41-29-66(98)84-35-21-32-81-63(95)25-15-18-38-113-77-54(2)71(102)73(104)60(47-89)117-77)52-111-42-30-67(99)85-36-22-33-82-64(96)26-16-19-39-114-78-69(86-55(3)91)75(106)74(105)61(48-90)118-78/h53-54,56,58-61,69-78,88-90,93,101-106H,6-52H2,1-5H3,(H,80,94)(H,81,95)(H,82,96)(H,83,97)(H,84,98)(H,85,99)(H,86,91)/t53?,54?,56-,58+,59?,60?,61?,69?,70?,71?,72?,73?,74?,75?,76?,77?,78?,79?,119?/m0/s1. The lowest BCUT2D eigenvalue weighted by Gasteiger charge is -2.42. The normalized spacial score (nSPS) is 26.1. The number of hydrogen-bond acceptors (Lipinski definition) is 31. The first-order valence-corrected chi connectivity index (χ1v) is 44.6. The number of rotatable bonds is 66. The molecule has 4 fully saturated rings. The van der Waals surface area contributed by atoms with E-state index in [1.54, 1.807) is 18.7 Å². The fraction of sp³-hybridized carbons (Fsp3) is 0.886. The third-order valence-electron chi connectivity index (χ3n) is 21.2. The summed E-state index contributed by atoms with van der Waals surface area (Å²) in [4.78, 5) is 118. The average Bonchev–Trinajstić information content (AvgIpc) is 1.48. The zero-order valence-electron chi connectivity index (χ0n) is 70.5. The highest BCUT2D eigenvalue weighted by molar-refractivity contribution is 7.52. The van der Waals surface area contributed by atoms with Crippen LogP contribution < -0.4 is 37.2 Å². The lowest BCUT2D eigenvalue weighted by atomic mass is 9.84. The molecule has 119 heavy (non-hydrogen) atoms. The summed E-state index contributed by atoms with van der Waals surface area (Å²) in [5.41, 5.74) is -1.17. The minimum atomic E-state index is -3.26. The van der Waals surface area contributed by atoms with Crippen molar-refractivity contribution in [1.82, 2.24) is 42.1 Å². The summed E-state index contributed by atoms with van der Waals surface area (Å²) >= 11 is 0. The maximum atomic E-state index is 14.2. The molecule has 0 aliphatic carbocycles. The second-order valence-electron chi connectivity index (χ2n) is 31.5. The predicted octanol–water partition coefficient (Wildman–Crippen LogP) is -0.977. The molecule has 690 valence electrons. The Hall–Kier alpha value is -5.18. The van der Waals surface area contributed by atoms with E-state index in [-0.39, 0.29) is 210 Å². The van der Waals surface area contributed by atoms with E-state index in [0.717, 1.165) is 38.5 Å². The maximum absolute atomic E-state index is 14.2. The number of ether oxygens (including phenoxy) is 9. The first-order chi connectivity index (χ1) is 57.0. The molecular weight excluding hydrogens is 1590 g/mol. The van der Waals surface area contributed by atoms with Crippen LogP contribution in [0, 0.1) is 17.3 Å². The van der Waals surface area contributed by atoms with Crippen LogP contribution in [0.15, 0.2) is 0 Å². The van der Waals surface area contributed by atoms with E-state index in [1.165, 1.54) is 20.7 Å². The van der Waals surface area contributed by atoms with Crippen molar-refractivity contribution in [3.05, 3.63) is 0 Å². The second-order valence-corrected chi connectivity index (χ2v) is 33.7. The molecule has 16 unspecified atom stereocenters. The molecule has 40 heteroatoms. The van der Waals surface area contributed by atoms with E-state index >= 15 is 0 Å². The van der Waals surface area contributed by atoms with Gasteiger partial charge in [-0.2, -0.15) is 0 Å². The first-order valence-electron chi connectivity index (χ1n) is 42.6. The summed E-state index contributed by atoms with van der Waals surface area (Å²) in [5, 5.41) is 120. The van der Waals surface area contributed by atoms with Gasteiger partial charge in [-0.25, -0.2) is 0 Å². The highest BCUT2D eigenvalue weighted by atomic mass is 31.2. The van der Waals surface area contributed by atoms with Gasteiger partial charge in [-0.15, -0.1) is 0 Å². The van der Waals surface area contributed by atoms with Gasteiger partial charge in [0.1, 0.15) is 54.6 Å². The van der Waals surface area contributed by atoms with Crippen LogP contribution in [0.5, 0.6) is 0 Å². The van der Waals surface area contributed by atoms with Gasteiger partial charge >= 0.3 is 7.60 Å². The van der Waals surface area contributed by atoms with Crippen molar-refractivity contribution in [2.24, 2.45) is 17.3 Å². The Morgan fingerprint density at radius 3 is 1.16 bits per heavy atom. The molecule has 0 bridgehead atoms. The number of aliphatic hydroxyl groups is 10. The Kier molecular flexibility index (Phi) is 53.9. The fourth-order valence-corrected chi connectivity index (χ4v) is 14.5. The summed E-state index contributed by atoms with van der Waals surface area (Å²) in [6.45, 7) is 5.99. The van der Waals surface area contributed by atoms with E-state index in [1.807, 2.05) is 0 Å². The van der Waals surface area contributed by atoms with Gasteiger partial charge in [0.15, 0.2) is 18.9 Å². The summed E-state index contributed by atoms with van der Waals surface area (Å²) in [6.07, 6.45) is -2.72. The molecule has 4 aliphatic rings. The van der Waals surface area contributed by atoms with Crippen molar-refractivity contribution in [3.63, 3.8) is 0 Å². The van der Waals surface area contributed by atoms with Gasteiger partial charge in [-0.3, -0.25) is 47.7 Å². The third kappa shape index (κ3) is 42.8. The Labute approximate surface area is 699 Å². The van der Waals surface area contributed by atoms with Gasteiger partial charge in [-0.05, 0) is 77.0 Å². The fourth-order valence-electron chi connectivity index (χ4n) is 13.9. The number of hydrogen-bond donors (Lipinski definition) is 17. The van der Waals surface area contributed by atoms with Gasteiger partial charge < -0.3 is 145 Å². The highest BCUT2D eigenvalue weighted by Gasteiger charge is 2.47. The van der Waals surface area contributed by atoms with Crippen LogP contribution in [0.1, 0.15) is 194 Å². The number of β-amino-alcohol motifs (C(OH)–C–C–N with tert-alkyl or cyclic N) is 1. The monoisotopic (exact) mass is 1730 g/mol. The number of aliphatic hydroxyl groups excluding tert-OH is 10. The van der Waals surface area contributed by atoms with Gasteiger partial charge in [0.25, 0.3) is 0 Å². The topological polar surface area (TPSA) is 562 Å². The number of nitrogens with one attached hydrogen (secondary N) is 7. The molecule has 4 saturated heterocycles. The minimum Gasteiger partial charge on any atom is -0.394 e. The minimum absolute atomic E-state index is 0.000214. The molecule has 0 spiro atoms. The number of amides is 8. The highest BCUT2D eigenvalue weighted by Crippen LogP contribution is 2.43. The molecule has 4 heterocycles. The van der Waals surface area contributed by atoms with Crippen molar-refractivity contribution < 1.29 is 150 Å². The number of likely N-dealkylation sites (tertiary alicyclic amines) is 1. The zero-order chi connectivity index (χ0) is 87.6. The summed E-state index contributed by atoms with van der Waals surface area (Å²) in [7, 11) is -1.98.